The van der Waals surface area contributed by atoms with Gasteiger partial charge in [0.05, 0.1) is 5.75 Å². The molecule has 8 heteroatoms. The zero-order valence-electron chi connectivity index (χ0n) is 14.5. The lowest BCUT2D eigenvalue weighted by atomic mass is 10.2. The zero-order valence-corrected chi connectivity index (χ0v) is 16.1. The molecule has 6 nitrogen and oxygen atoms in total. The molecule has 136 valence electrons. The van der Waals surface area contributed by atoms with Gasteiger partial charge in [0.1, 0.15) is 0 Å². The van der Waals surface area contributed by atoms with Crippen molar-refractivity contribution in [2.75, 3.05) is 0 Å². The van der Waals surface area contributed by atoms with Gasteiger partial charge in [-0.25, -0.2) is 0 Å². The Morgan fingerprint density at radius 1 is 1.04 bits per heavy atom. The number of thioether (sulfide) groups is 1. The highest BCUT2D eigenvalue weighted by molar-refractivity contribution is 7.98. The van der Waals surface area contributed by atoms with Crippen LogP contribution < -0.4 is 0 Å². The zero-order chi connectivity index (χ0) is 18.6. The molecule has 2 aromatic heterocycles. The van der Waals surface area contributed by atoms with Crippen LogP contribution in [0, 0.1) is 0 Å². The van der Waals surface area contributed by atoms with Crippen LogP contribution in [-0.2, 0) is 12.3 Å². The summed E-state index contributed by atoms with van der Waals surface area (Å²) in [6, 6.07) is 17.4. The molecule has 0 saturated carbocycles. The van der Waals surface area contributed by atoms with E-state index in [2.05, 4.69) is 31.8 Å². The third kappa shape index (κ3) is 3.89. The number of halogens is 1. The van der Waals surface area contributed by atoms with Gasteiger partial charge >= 0.3 is 0 Å². The minimum Gasteiger partial charge on any atom is -0.338 e. The van der Waals surface area contributed by atoms with E-state index in [-0.39, 0.29) is 0 Å². The summed E-state index contributed by atoms with van der Waals surface area (Å²) in [5.41, 5.74) is 1.87. The van der Waals surface area contributed by atoms with Crippen LogP contribution in [-0.4, -0.2) is 24.9 Å². The van der Waals surface area contributed by atoms with Gasteiger partial charge in [-0.2, -0.15) is 4.98 Å². The lowest BCUT2D eigenvalue weighted by Crippen LogP contribution is -1.99. The molecule has 0 radical (unpaired) electrons. The van der Waals surface area contributed by atoms with Gasteiger partial charge in [0, 0.05) is 22.7 Å². The molecule has 0 aliphatic heterocycles. The quantitative estimate of drug-likeness (QED) is 0.428. The maximum atomic E-state index is 6.02. The van der Waals surface area contributed by atoms with Gasteiger partial charge < -0.3 is 9.09 Å². The predicted molar refractivity (Wildman–Crippen MR) is 105 cm³/mol. The van der Waals surface area contributed by atoms with Gasteiger partial charge in [-0.15, -0.1) is 10.2 Å². The summed E-state index contributed by atoms with van der Waals surface area (Å²) in [5, 5.41) is 14.2. The third-order valence-electron chi connectivity index (χ3n) is 3.94. The van der Waals surface area contributed by atoms with E-state index < -0.39 is 0 Å². The van der Waals surface area contributed by atoms with Crippen LogP contribution in [0.3, 0.4) is 0 Å². The van der Waals surface area contributed by atoms with Crippen LogP contribution in [0.4, 0.5) is 0 Å². The summed E-state index contributed by atoms with van der Waals surface area (Å²) >= 11 is 7.54. The summed E-state index contributed by atoms with van der Waals surface area (Å²) in [6.07, 6.45) is 0. The highest BCUT2D eigenvalue weighted by Crippen LogP contribution is 2.27. The monoisotopic (exact) mass is 397 g/mol. The molecule has 0 unspecified atom stereocenters. The number of hydrogen-bond donors (Lipinski definition) is 0. The van der Waals surface area contributed by atoms with Crippen LogP contribution in [0.2, 0.25) is 5.02 Å². The summed E-state index contributed by atoms with van der Waals surface area (Å²) in [4.78, 5) is 4.44. The van der Waals surface area contributed by atoms with E-state index in [0.717, 1.165) is 28.7 Å². The fourth-order valence-corrected chi connectivity index (χ4v) is 3.70. The number of hydrogen-bond acceptors (Lipinski definition) is 6. The van der Waals surface area contributed by atoms with Crippen LogP contribution >= 0.6 is 23.4 Å². The highest BCUT2D eigenvalue weighted by Gasteiger charge is 2.15. The number of benzene rings is 2. The first kappa shape index (κ1) is 17.8. The van der Waals surface area contributed by atoms with Crippen molar-refractivity contribution < 1.29 is 4.52 Å². The number of nitrogens with zero attached hydrogens (tertiary/aromatic N) is 5. The maximum absolute atomic E-state index is 6.02. The molecule has 27 heavy (non-hydrogen) atoms. The summed E-state index contributed by atoms with van der Waals surface area (Å²) in [6.45, 7) is 2.85. The first-order valence-corrected chi connectivity index (χ1v) is 9.81. The van der Waals surface area contributed by atoms with Gasteiger partial charge in [0.2, 0.25) is 11.7 Å². The summed E-state index contributed by atoms with van der Waals surface area (Å²) in [7, 11) is 0. The van der Waals surface area contributed by atoms with Crippen LogP contribution in [0.25, 0.3) is 22.8 Å². The van der Waals surface area contributed by atoms with Crippen molar-refractivity contribution in [1.29, 1.82) is 0 Å². The van der Waals surface area contributed by atoms with E-state index in [4.69, 9.17) is 16.1 Å². The van der Waals surface area contributed by atoms with Gasteiger partial charge in [-0.05, 0) is 19.1 Å². The smallest absolute Gasteiger partial charge is 0.237 e. The van der Waals surface area contributed by atoms with Crippen molar-refractivity contribution in [3.63, 3.8) is 0 Å². The molecule has 0 saturated heterocycles. The second kappa shape index (κ2) is 7.94. The van der Waals surface area contributed by atoms with Crippen molar-refractivity contribution in [1.82, 2.24) is 24.9 Å². The second-order valence-electron chi connectivity index (χ2n) is 5.73. The largest absolute Gasteiger partial charge is 0.338 e. The molecule has 0 N–H and O–H groups in total. The minimum absolute atomic E-state index is 0.514. The lowest BCUT2D eigenvalue weighted by molar-refractivity contribution is 0.391. The fraction of sp³-hybridized carbons (Fsp3) is 0.158. The number of rotatable bonds is 6. The SMILES string of the molecule is CCn1c(SCc2nc(-c3cccc(Cl)c3)no2)nnc1-c1ccccc1. The Morgan fingerprint density at radius 2 is 1.85 bits per heavy atom. The first-order valence-electron chi connectivity index (χ1n) is 8.44. The highest BCUT2D eigenvalue weighted by atomic mass is 35.5. The van der Waals surface area contributed by atoms with Crippen molar-refractivity contribution in [2.24, 2.45) is 0 Å². The van der Waals surface area contributed by atoms with E-state index in [1.165, 1.54) is 11.8 Å². The van der Waals surface area contributed by atoms with Gasteiger partial charge in [0.15, 0.2) is 11.0 Å². The Balaban J connectivity index is 1.51. The van der Waals surface area contributed by atoms with Crippen molar-refractivity contribution in [2.45, 2.75) is 24.4 Å². The summed E-state index contributed by atoms with van der Waals surface area (Å²) < 4.78 is 7.44. The molecule has 0 bridgehead atoms. The predicted octanol–water partition coefficient (Wildman–Crippen LogP) is 4.96. The maximum Gasteiger partial charge on any atom is 0.237 e. The van der Waals surface area contributed by atoms with Crippen molar-refractivity contribution >= 4 is 23.4 Å². The second-order valence-corrected chi connectivity index (χ2v) is 7.11. The standard InChI is InChI=1S/C19H16ClN5OS/c1-2-25-18(13-7-4-3-5-8-13)22-23-19(25)27-12-16-21-17(24-26-16)14-9-6-10-15(20)11-14/h3-11H,2,12H2,1H3. The van der Waals surface area contributed by atoms with Gasteiger partial charge in [-0.1, -0.05) is 71.0 Å². The van der Waals surface area contributed by atoms with E-state index in [1.807, 2.05) is 54.6 Å². The molecule has 0 spiro atoms. The Kier molecular flexibility index (Phi) is 5.22. The summed E-state index contributed by atoms with van der Waals surface area (Å²) in [5.74, 6) is 2.42. The van der Waals surface area contributed by atoms with Crippen molar-refractivity contribution in [3.05, 3.63) is 65.5 Å². The van der Waals surface area contributed by atoms with E-state index in [0.29, 0.717) is 22.5 Å². The van der Waals surface area contributed by atoms with Gasteiger partial charge in [0.25, 0.3) is 0 Å². The van der Waals surface area contributed by atoms with Gasteiger partial charge in [-0.3, -0.25) is 0 Å². The molecule has 0 fully saturated rings. The van der Waals surface area contributed by atoms with Crippen molar-refractivity contribution in [3.8, 4) is 22.8 Å². The molecule has 0 amide bonds. The molecule has 0 atom stereocenters. The van der Waals surface area contributed by atoms with Crippen LogP contribution in [0.5, 0.6) is 0 Å². The average molecular weight is 398 g/mol. The Hall–Kier alpha value is -2.64. The number of aromatic nitrogens is 5. The molecule has 0 aliphatic rings. The van der Waals surface area contributed by atoms with E-state index >= 15 is 0 Å². The fourth-order valence-electron chi connectivity index (χ4n) is 2.67. The normalized spacial score (nSPS) is 11.0. The Labute approximate surface area is 165 Å². The molecule has 2 aromatic carbocycles. The molecule has 4 rings (SSSR count). The molecular weight excluding hydrogens is 382 g/mol. The average Bonchev–Trinajstić information content (AvgIpc) is 3.34. The lowest BCUT2D eigenvalue weighted by Gasteiger charge is -2.06. The van der Waals surface area contributed by atoms with Crippen LogP contribution in [0.15, 0.2) is 64.3 Å². The first-order chi connectivity index (χ1) is 13.2. The Morgan fingerprint density at radius 3 is 2.63 bits per heavy atom. The Bertz CT molecular complexity index is 1050. The molecular formula is C19H16ClN5OS. The molecule has 2 heterocycles. The minimum atomic E-state index is 0.514. The molecule has 4 aromatic rings. The third-order valence-corrected chi connectivity index (χ3v) is 5.13. The van der Waals surface area contributed by atoms with E-state index in [1.54, 1.807) is 0 Å². The van der Waals surface area contributed by atoms with E-state index in [9.17, 15) is 0 Å². The topological polar surface area (TPSA) is 69.6 Å². The molecule has 0 aliphatic carbocycles. The van der Waals surface area contributed by atoms with Crippen LogP contribution in [0.1, 0.15) is 12.8 Å².